The second-order valence-electron chi connectivity index (χ2n) is 5.36. The van der Waals surface area contributed by atoms with E-state index in [2.05, 4.69) is 5.32 Å². The van der Waals surface area contributed by atoms with Gasteiger partial charge in [-0.2, -0.15) is 0 Å². The summed E-state index contributed by atoms with van der Waals surface area (Å²) < 4.78 is 0. The van der Waals surface area contributed by atoms with Gasteiger partial charge in [0.05, 0.1) is 10.6 Å². The van der Waals surface area contributed by atoms with Crippen LogP contribution in [0.4, 0.5) is 5.00 Å². The third kappa shape index (κ3) is 3.77. The number of carbonyl (C=O) groups excluding carboxylic acids is 1. The SMILES string of the molecule is [B]c1ccc(-c2csc(NC(=O)c3ccc(Cl)cc3Cl)c2C(=O)O)cc1. The standard InChI is InChI=1S/C18H10BCl2NO3S/c19-10-3-1-9(2-4-10)13-8-26-17(15(13)18(24)25)22-16(23)12-6-5-11(20)7-14(12)21/h1-8H,(H,22,23)(H,24,25). The lowest BCUT2D eigenvalue weighted by molar-refractivity contribution is 0.0699. The van der Waals surface area contributed by atoms with Crippen molar-refractivity contribution in [1.29, 1.82) is 0 Å². The van der Waals surface area contributed by atoms with Crippen LogP contribution < -0.4 is 10.8 Å². The van der Waals surface area contributed by atoms with Gasteiger partial charge in [0.15, 0.2) is 0 Å². The van der Waals surface area contributed by atoms with Crippen LogP contribution >= 0.6 is 34.5 Å². The van der Waals surface area contributed by atoms with Gasteiger partial charge < -0.3 is 10.4 Å². The molecule has 0 aliphatic heterocycles. The average Bonchev–Trinajstić information content (AvgIpc) is 2.99. The van der Waals surface area contributed by atoms with Gasteiger partial charge in [0, 0.05) is 16.0 Å². The van der Waals surface area contributed by atoms with Gasteiger partial charge in [-0.25, -0.2) is 4.79 Å². The largest absolute Gasteiger partial charge is 0.478 e. The molecule has 3 rings (SSSR count). The Kier molecular flexibility index (Phi) is 5.37. The Bertz CT molecular complexity index is 1000. The second-order valence-corrected chi connectivity index (χ2v) is 7.08. The first-order valence-electron chi connectivity index (χ1n) is 7.34. The number of carboxylic acid groups (broad SMARTS) is 1. The summed E-state index contributed by atoms with van der Waals surface area (Å²) in [5, 5.41) is 14.7. The van der Waals surface area contributed by atoms with Crippen LogP contribution in [0.1, 0.15) is 20.7 Å². The summed E-state index contributed by atoms with van der Waals surface area (Å²) in [6, 6.07) is 11.3. The van der Waals surface area contributed by atoms with E-state index >= 15 is 0 Å². The minimum absolute atomic E-state index is 0.0122. The summed E-state index contributed by atoms with van der Waals surface area (Å²) in [5.74, 6) is -1.66. The fourth-order valence-electron chi connectivity index (χ4n) is 2.38. The smallest absolute Gasteiger partial charge is 0.339 e. The Balaban J connectivity index is 1.97. The molecule has 0 bridgehead atoms. The van der Waals surface area contributed by atoms with E-state index in [1.54, 1.807) is 29.6 Å². The minimum atomic E-state index is -1.14. The Morgan fingerprint density at radius 2 is 1.77 bits per heavy atom. The number of amides is 1. The third-order valence-electron chi connectivity index (χ3n) is 3.63. The lowest BCUT2D eigenvalue weighted by atomic mass is 9.93. The highest BCUT2D eigenvalue weighted by Gasteiger charge is 2.22. The van der Waals surface area contributed by atoms with Gasteiger partial charge >= 0.3 is 5.97 Å². The van der Waals surface area contributed by atoms with Crippen molar-refractivity contribution in [2.75, 3.05) is 5.32 Å². The highest BCUT2D eigenvalue weighted by atomic mass is 35.5. The number of benzene rings is 2. The van der Waals surface area contributed by atoms with Gasteiger partial charge in [0.25, 0.3) is 5.91 Å². The molecule has 0 spiro atoms. The lowest BCUT2D eigenvalue weighted by Gasteiger charge is -2.08. The van der Waals surface area contributed by atoms with Crippen molar-refractivity contribution in [2.45, 2.75) is 0 Å². The van der Waals surface area contributed by atoms with E-state index in [0.717, 1.165) is 11.3 Å². The van der Waals surface area contributed by atoms with E-state index in [0.29, 0.717) is 21.6 Å². The number of anilines is 1. The summed E-state index contributed by atoms with van der Waals surface area (Å²) >= 11 is 13.0. The number of carboxylic acids is 1. The third-order valence-corrected chi connectivity index (χ3v) is 5.07. The number of thiophene rings is 1. The maximum absolute atomic E-state index is 12.5. The molecule has 4 nitrogen and oxygen atoms in total. The van der Waals surface area contributed by atoms with E-state index in [-0.39, 0.29) is 21.2 Å². The first-order valence-corrected chi connectivity index (χ1v) is 8.97. The number of hydrogen-bond acceptors (Lipinski definition) is 3. The van der Waals surface area contributed by atoms with E-state index in [9.17, 15) is 14.7 Å². The maximum Gasteiger partial charge on any atom is 0.339 e. The van der Waals surface area contributed by atoms with Crippen LogP contribution in [0.5, 0.6) is 0 Å². The van der Waals surface area contributed by atoms with Crippen molar-refractivity contribution in [2.24, 2.45) is 0 Å². The zero-order valence-electron chi connectivity index (χ0n) is 13.1. The van der Waals surface area contributed by atoms with Crippen molar-refractivity contribution in [3.8, 4) is 11.1 Å². The first-order chi connectivity index (χ1) is 12.4. The number of hydrogen-bond donors (Lipinski definition) is 2. The van der Waals surface area contributed by atoms with Crippen LogP contribution in [-0.4, -0.2) is 24.8 Å². The van der Waals surface area contributed by atoms with Gasteiger partial charge in [-0.05, 0) is 23.8 Å². The number of nitrogens with one attached hydrogen (secondary N) is 1. The molecule has 0 saturated heterocycles. The Labute approximate surface area is 164 Å². The molecule has 2 aromatic carbocycles. The molecular formula is C18H10BCl2NO3S. The molecule has 0 aliphatic carbocycles. The Hall–Kier alpha value is -2.28. The Morgan fingerprint density at radius 3 is 2.38 bits per heavy atom. The molecule has 0 saturated carbocycles. The van der Waals surface area contributed by atoms with Crippen LogP contribution in [-0.2, 0) is 0 Å². The molecule has 0 fully saturated rings. The monoisotopic (exact) mass is 401 g/mol. The quantitative estimate of drug-likeness (QED) is 0.634. The fraction of sp³-hybridized carbons (Fsp3) is 0. The highest BCUT2D eigenvalue weighted by molar-refractivity contribution is 7.15. The number of aromatic carboxylic acids is 1. The summed E-state index contributed by atoms with van der Waals surface area (Å²) in [6.45, 7) is 0. The molecule has 0 unspecified atom stereocenters. The molecule has 0 aliphatic rings. The topological polar surface area (TPSA) is 66.4 Å². The van der Waals surface area contributed by atoms with Crippen LogP contribution in [0, 0.1) is 0 Å². The van der Waals surface area contributed by atoms with Crippen molar-refractivity contribution in [3.63, 3.8) is 0 Å². The molecule has 1 amide bonds. The molecule has 2 radical (unpaired) electrons. The average molecular weight is 402 g/mol. The predicted molar refractivity (Wildman–Crippen MR) is 107 cm³/mol. The van der Waals surface area contributed by atoms with Crippen molar-refractivity contribution in [3.05, 3.63) is 69.0 Å². The molecule has 0 atom stereocenters. The summed E-state index contributed by atoms with van der Waals surface area (Å²) in [7, 11) is 5.67. The lowest BCUT2D eigenvalue weighted by Crippen LogP contribution is -2.14. The van der Waals surface area contributed by atoms with E-state index in [4.69, 9.17) is 31.0 Å². The van der Waals surface area contributed by atoms with E-state index < -0.39 is 11.9 Å². The predicted octanol–water partition coefficient (Wildman–Crippen LogP) is 4.47. The summed E-state index contributed by atoms with van der Waals surface area (Å²) in [5.41, 5.74) is 1.98. The van der Waals surface area contributed by atoms with Crippen molar-refractivity contribution in [1.82, 2.24) is 0 Å². The number of rotatable bonds is 4. The van der Waals surface area contributed by atoms with Gasteiger partial charge in [0.2, 0.25) is 0 Å². The van der Waals surface area contributed by atoms with Crippen LogP contribution in [0.3, 0.4) is 0 Å². The normalized spacial score (nSPS) is 10.5. The molecule has 3 aromatic rings. The van der Waals surface area contributed by atoms with Gasteiger partial charge in [0.1, 0.15) is 18.4 Å². The molecule has 1 heterocycles. The maximum atomic E-state index is 12.5. The molecule has 2 N–H and O–H groups in total. The molecule has 8 heteroatoms. The summed E-state index contributed by atoms with van der Waals surface area (Å²) in [6.07, 6.45) is 0. The minimum Gasteiger partial charge on any atom is -0.478 e. The Morgan fingerprint density at radius 1 is 1.08 bits per heavy atom. The molecular weight excluding hydrogens is 392 g/mol. The number of halogens is 2. The van der Waals surface area contributed by atoms with E-state index in [1.165, 1.54) is 18.2 Å². The van der Waals surface area contributed by atoms with Crippen LogP contribution in [0.25, 0.3) is 11.1 Å². The van der Waals surface area contributed by atoms with Crippen molar-refractivity contribution >= 4 is 64.7 Å². The second kappa shape index (κ2) is 7.54. The zero-order chi connectivity index (χ0) is 18.8. The fourth-order valence-corrected chi connectivity index (χ4v) is 3.83. The first kappa shape index (κ1) is 18.5. The van der Waals surface area contributed by atoms with Crippen LogP contribution in [0.2, 0.25) is 10.0 Å². The number of carbonyl (C=O) groups is 2. The molecule has 26 heavy (non-hydrogen) atoms. The highest BCUT2D eigenvalue weighted by Crippen LogP contribution is 2.36. The summed E-state index contributed by atoms with van der Waals surface area (Å²) in [4.78, 5) is 24.2. The van der Waals surface area contributed by atoms with E-state index in [1.807, 2.05) is 0 Å². The van der Waals surface area contributed by atoms with Gasteiger partial charge in [-0.3, -0.25) is 4.79 Å². The molecule has 128 valence electrons. The molecule has 1 aromatic heterocycles. The van der Waals surface area contributed by atoms with Gasteiger partial charge in [-0.15, -0.1) is 11.3 Å². The van der Waals surface area contributed by atoms with Crippen molar-refractivity contribution < 1.29 is 14.7 Å². The zero-order valence-corrected chi connectivity index (χ0v) is 15.5. The van der Waals surface area contributed by atoms with Gasteiger partial charge in [-0.1, -0.05) is 52.9 Å². The van der Waals surface area contributed by atoms with Crippen LogP contribution in [0.15, 0.2) is 47.8 Å².